The molecule has 17 heavy (non-hydrogen) atoms. The quantitative estimate of drug-likeness (QED) is 0.818. The molecule has 1 aromatic heterocycles. The van der Waals surface area contributed by atoms with Gasteiger partial charge in [0.2, 0.25) is 0 Å². The van der Waals surface area contributed by atoms with Crippen molar-refractivity contribution in [3.63, 3.8) is 0 Å². The molecule has 1 amide bonds. The molecule has 3 nitrogen and oxygen atoms in total. The Balaban J connectivity index is 2.32. The van der Waals surface area contributed by atoms with Crippen LogP contribution >= 0.6 is 11.3 Å². The molecule has 1 aromatic carbocycles. The fourth-order valence-corrected chi connectivity index (χ4v) is 2.58. The molecule has 3 N–H and O–H groups in total. The van der Waals surface area contributed by atoms with Crippen LogP contribution in [0.3, 0.4) is 0 Å². The van der Waals surface area contributed by atoms with Crippen molar-refractivity contribution in [1.82, 2.24) is 5.32 Å². The number of rotatable bonds is 3. The van der Waals surface area contributed by atoms with Gasteiger partial charge >= 0.3 is 0 Å². The maximum Gasteiger partial charge on any atom is 0.263 e. The van der Waals surface area contributed by atoms with Crippen molar-refractivity contribution in [3.8, 4) is 0 Å². The number of nitrogens with one attached hydrogen (secondary N) is 1. The summed E-state index contributed by atoms with van der Waals surface area (Å²) in [7, 11) is 0. The summed E-state index contributed by atoms with van der Waals surface area (Å²) in [6.07, 6.45) is 0. The number of anilines is 1. The third-order valence-corrected chi connectivity index (χ3v) is 3.58. The minimum Gasteiger partial charge on any atom is -0.397 e. The number of carbonyl (C=O) groups excluding carboxylic acids is 1. The van der Waals surface area contributed by atoms with E-state index in [0.29, 0.717) is 17.1 Å². The van der Waals surface area contributed by atoms with Gasteiger partial charge in [-0.2, -0.15) is 0 Å². The molecule has 1 heterocycles. The number of hydrogen-bond acceptors (Lipinski definition) is 3. The highest BCUT2D eigenvalue weighted by Crippen LogP contribution is 2.33. The molecule has 2 aromatic rings. The summed E-state index contributed by atoms with van der Waals surface area (Å²) in [6, 6.07) is 7.75. The van der Waals surface area contributed by atoms with Gasteiger partial charge in [0.1, 0.15) is 4.88 Å². The number of hydrogen-bond donors (Lipinski definition) is 2. The first-order chi connectivity index (χ1) is 8.09. The van der Waals surface area contributed by atoms with E-state index in [-0.39, 0.29) is 5.91 Å². The van der Waals surface area contributed by atoms with Gasteiger partial charge in [0.05, 0.1) is 5.69 Å². The van der Waals surface area contributed by atoms with E-state index in [9.17, 15) is 4.79 Å². The summed E-state index contributed by atoms with van der Waals surface area (Å²) in [4.78, 5) is 12.5. The third-order valence-electron chi connectivity index (χ3n) is 2.39. The standard InChI is InChI=1S/C13H14N2OS/c1-8(2)7-15-13(16)12-11(14)9-5-3-4-6-10(9)17-12/h3-6H,1,7,14H2,2H3,(H,15,16). The van der Waals surface area contributed by atoms with Gasteiger partial charge in [-0.15, -0.1) is 11.3 Å². The van der Waals surface area contributed by atoms with Crippen molar-refractivity contribution in [3.05, 3.63) is 41.3 Å². The van der Waals surface area contributed by atoms with E-state index < -0.39 is 0 Å². The van der Waals surface area contributed by atoms with Crippen LogP contribution in [0.15, 0.2) is 36.4 Å². The van der Waals surface area contributed by atoms with Gasteiger partial charge in [-0.05, 0) is 13.0 Å². The average Bonchev–Trinajstić information content (AvgIpc) is 2.64. The van der Waals surface area contributed by atoms with Gasteiger partial charge < -0.3 is 11.1 Å². The molecule has 0 bridgehead atoms. The van der Waals surface area contributed by atoms with Gasteiger partial charge in [-0.3, -0.25) is 4.79 Å². The lowest BCUT2D eigenvalue weighted by Gasteiger charge is -2.03. The molecule has 2 rings (SSSR count). The van der Waals surface area contributed by atoms with E-state index in [1.54, 1.807) is 0 Å². The molecule has 4 heteroatoms. The zero-order valence-corrected chi connectivity index (χ0v) is 10.4. The first kappa shape index (κ1) is 11.7. The van der Waals surface area contributed by atoms with Crippen molar-refractivity contribution in [2.75, 3.05) is 12.3 Å². The zero-order chi connectivity index (χ0) is 12.4. The number of nitrogens with two attached hydrogens (primary N) is 1. The van der Waals surface area contributed by atoms with E-state index in [1.807, 2.05) is 31.2 Å². The largest absolute Gasteiger partial charge is 0.397 e. The molecule has 0 atom stereocenters. The van der Waals surface area contributed by atoms with Crippen LogP contribution in [0.1, 0.15) is 16.6 Å². The monoisotopic (exact) mass is 246 g/mol. The minimum atomic E-state index is -0.133. The molecule has 88 valence electrons. The van der Waals surface area contributed by atoms with E-state index in [0.717, 1.165) is 15.7 Å². The lowest BCUT2D eigenvalue weighted by atomic mass is 10.2. The fraction of sp³-hybridized carbons (Fsp3) is 0.154. The van der Waals surface area contributed by atoms with Crippen molar-refractivity contribution in [1.29, 1.82) is 0 Å². The Morgan fingerprint density at radius 1 is 1.47 bits per heavy atom. The fourth-order valence-electron chi connectivity index (χ4n) is 1.55. The molecule has 0 unspecified atom stereocenters. The van der Waals surface area contributed by atoms with Crippen LogP contribution in [0.4, 0.5) is 5.69 Å². The highest BCUT2D eigenvalue weighted by atomic mass is 32.1. The Kier molecular flexibility index (Phi) is 3.15. The molecule has 0 saturated carbocycles. The molecule has 0 aliphatic carbocycles. The highest BCUT2D eigenvalue weighted by Gasteiger charge is 2.15. The lowest BCUT2D eigenvalue weighted by molar-refractivity contribution is 0.0962. The molecule has 0 aliphatic rings. The summed E-state index contributed by atoms with van der Waals surface area (Å²) in [5.41, 5.74) is 7.45. The normalized spacial score (nSPS) is 10.4. The van der Waals surface area contributed by atoms with E-state index in [1.165, 1.54) is 11.3 Å². The average molecular weight is 246 g/mol. The van der Waals surface area contributed by atoms with Crippen LogP contribution in [0, 0.1) is 0 Å². The summed E-state index contributed by atoms with van der Waals surface area (Å²) >= 11 is 1.42. The van der Waals surface area contributed by atoms with Gasteiger partial charge in [-0.1, -0.05) is 30.4 Å². The van der Waals surface area contributed by atoms with Gasteiger partial charge in [-0.25, -0.2) is 0 Å². The predicted molar refractivity (Wildman–Crippen MR) is 73.4 cm³/mol. The SMILES string of the molecule is C=C(C)CNC(=O)c1sc2ccccc2c1N. The maximum absolute atomic E-state index is 11.9. The Hall–Kier alpha value is -1.81. The Bertz CT molecular complexity index is 586. The van der Waals surface area contributed by atoms with Crippen LogP contribution in [-0.2, 0) is 0 Å². The molecule has 0 fully saturated rings. The van der Waals surface area contributed by atoms with Gasteiger partial charge in [0.15, 0.2) is 0 Å². The predicted octanol–water partition coefficient (Wildman–Crippen LogP) is 2.79. The topological polar surface area (TPSA) is 55.1 Å². The van der Waals surface area contributed by atoms with E-state index >= 15 is 0 Å². The molecular weight excluding hydrogens is 232 g/mol. The molecule has 0 saturated heterocycles. The lowest BCUT2D eigenvalue weighted by Crippen LogP contribution is -2.24. The minimum absolute atomic E-state index is 0.133. The summed E-state index contributed by atoms with van der Waals surface area (Å²) in [5, 5.41) is 3.73. The van der Waals surface area contributed by atoms with Crippen molar-refractivity contribution in [2.24, 2.45) is 0 Å². The second-order valence-electron chi connectivity index (χ2n) is 3.98. The third kappa shape index (κ3) is 2.31. The second-order valence-corrected chi connectivity index (χ2v) is 5.03. The number of carbonyl (C=O) groups is 1. The Labute approximate surface area is 104 Å². The molecule has 0 radical (unpaired) electrons. The molecule has 0 spiro atoms. The van der Waals surface area contributed by atoms with Crippen molar-refractivity contribution >= 4 is 33.0 Å². The smallest absolute Gasteiger partial charge is 0.263 e. The maximum atomic E-state index is 11.9. The molecular formula is C13H14N2OS. The Morgan fingerprint density at radius 2 is 2.18 bits per heavy atom. The van der Waals surface area contributed by atoms with Crippen LogP contribution in [-0.4, -0.2) is 12.5 Å². The molecule has 0 aliphatic heterocycles. The number of nitrogen functional groups attached to an aromatic ring is 1. The number of amides is 1. The van der Waals surface area contributed by atoms with Crippen LogP contribution < -0.4 is 11.1 Å². The number of benzene rings is 1. The van der Waals surface area contributed by atoms with Crippen molar-refractivity contribution < 1.29 is 4.79 Å². The van der Waals surface area contributed by atoms with Crippen molar-refractivity contribution in [2.45, 2.75) is 6.92 Å². The van der Waals surface area contributed by atoms with Crippen LogP contribution in [0.25, 0.3) is 10.1 Å². The van der Waals surface area contributed by atoms with E-state index in [4.69, 9.17) is 5.73 Å². The van der Waals surface area contributed by atoms with Crippen LogP contribution in [0.5, 0.6) is 0 Å². The second kappa shape index (κ2) is 4.59. The van der Waals surface area contributed by atoms with E-state index in [2.05, 4.69) is 11.9 Å². The zero-order valence-electron chi connectivity index (χ0n) is 9.62. The summed E-state index contributed by atoms with van der Waals surface area (Å²) in [6.45, 7) is 6.09. The van der Waals surface area contributed by atoms with Gasteiger partial charge in [0.25, 0.3) is 5.91 Å². The number of thiophene rings is 1. The van der Waals surface area contributed by atoms with Crippen LogP contribution in [0.2, 0.25) is 0 Å². The van der Waals surface area contributed by atoms with Gasteiger partial charge in [0, 0.05) is 16.6 Å². The first-order valence-corrected chi connectivity index (χ1v) is 6.11. The Morgan fingerprint density at radius 3 is 2.82 bits per heavy atom. The first-order valence-electron chi connectivity index (χ1n) is 5.29. The summed E-state index contributed by atoms with van der Waals surface area (Å²) < 4.78 is 1.03. The highest BCUT2D eigenvalue weighted by molar-refractivity contribution is 7.21. The summed E-state index contributed by atoms with van der Waals surface area (Å²) in [5.74, 6) is -0.133. The number of fused-ring (bicyclic) bond motifs is 1.